The molecule has 0 radical (unpaired) electrons. The van der Waals surface area contributed by atoms with E-state index in [1.807, 2.05) is 25.1 Å². The van der Waals surface area contributed by atoms with E-state index in [0.717, 1.165) is 5.56 Å². The van der Waals surface area contributed by atoms with Gasteiger partial charge >= 0.3 is 0 Å². The molecule has 0 fully saturated rings. The maximum absolute atomic E-state index is 13.0. The summed E-state index contributed by atoms with van der Waals surface area (Å²) in [5.74, 6) is 0.708. The molecule has 2 heterocycles. The third-order valence-electron chi connectivity index (χ3n) is 5.36. The lowest BCUT2D eigenvalue weighted by atomic mass is 9.86. The summed E-state index contributed by atoms with van der Waals surface area (Å²) in [6.45, 7) is 2.04. The largest absolute Gasteiger partial charge is 0.504 e. The van der Waals surface area contributed by atoms with Gasteiger partial charge in [-0.3, -0.25) is 9.59 Å². The fourth-order valence-electron chi connectivity index (χ4n) is 3.82. The minimum Gasteiger partial charge on any atom is -0.504 e. The zero-order valence-corrected chi connectivity index (χ0v) is 18.3. The van der Waals surface area contributed by atoms with Gasteiger partial charge in [0.25, 0.3) is 5.56 Å². The molecule has 3 aromatic rings. The van der Waals surface area contributed by atoms with Crippen LogP contribution in [-0.4, -0.2) is 27.7 Å². The third-order valence-corrected chi connectivity index (χ3v) is 6.46. The molecule has 7 nitrogen and oxygen atoms in total. The van der Waals surface area contributed by atoms with Gasteiger partial charge in [-0.05, 0) is 30.2 Å². The number of aromatic nitrogens is 2. The number of aromatic hydroxyl groups is 1. The first kappa shape index (κ1) is 21.0. The zero-order valence-electron chi connectivity index (χ0n) is 17.5. The first-order valence-electron chi connectivity index (χ1n) is 9.83. The summed E-state index contributed by atoms with van der Waals surface area (Å²) in [6, 6.07) is 13.1. The van der Waals surface area contributed by atoms with Crippen LogP contribution in [0.1, 0.15) is 34.6 Å². The Morgan fingerprint density at radius 2 is 2.06 bits per heavy atom. The second kappa shape index (κ2) is 8.47. The molecular formula is C23H23N3O4S. The number of anilines is 1. The van der Waals surface area contributed by atoms with Crippen LogP contribution in [0.4, 0.5) is 5.82 Å². The van der Waals surface area contributed by atoms with Gasteiger partial charge in [-0.15, -0.1) is 0 Å². The van der Waals surface area contributed by atoms with E-state index in [9.17, 15) is 14.7 Å². The number of nitrogens with one attached hydrogen (secondary N) is 1. The molecule has 2 N–H and O–H groups in total. The predicted molar refractivity (Wildman–Crippen MR) is 120 cm³/mol. The number of ether oxygens (including phenoxy) is 1. The number of nitrogens with zero attached hydrogens (tertiary/aromatic N) is 2. The van der Waals surface area contributed by atoms with Crippen LogP contribution in [-0.2, 0) is 17.6 Å². The van der Waals surface area contributed by atoms with Crippen LogP contribution in [0, 0.1) is 6.92 Å². The van der Waals surface area contributed by atoms with Crippen LogP contribution in [0.5, 0.6) is 11.5 Å². The number of fused-ring (bicyclic) bond motifs is 1. The average Bonchev–Trinajstić information content (AvgIpc) is 2.74. The molecule has 1 aromatic heterocycles. The lowest BCUT2D eigenvalue weighted by Gasteiger charge is -2.27. The van der Waals surface area contributed by atoms with Crippen LogP contribution in [0.25, 0.3) is 0 Å². The summed E-state index contributed by atoms with van der Waals surface area (Å²) in [5, 5.41) is 13.5. The highest BCUT2D eigenvalue weighted by Crippen LogP contribution is 2.38. The number of amides is 1. The van der Waals surface area contributed by atoms with Crippen molar-refractivity contribution in [2.75, 3.05) is 12.4 Å². The average molecular weight is 438 g/mol. The number of carbonyl (C=O) groups excluding carboxylic acids is 1. The highest BCUT2D eigenvalue weighted by Gasteiger charge is 2.32. The Bertz CT molecular complexity index is 1220. The Hall–Kier alpha value is -3.26. The summed E-state index contributed by atoms with van der Waals surface area (Å²) in [5.41, 5.74) is 3.01. The molecule has 8 heteroatoms. The van der Waals surface area contributed by atoms with Crippen molar-refractivity contribution in [3.05, 3.63) is 75.1 Å². The first-order chi connectivity index (χ1) is 14.9. The number of methoxy groups -OCH3 is 1. The molecule has 0 aliphatic carbocycles. The van der Waals surface area contributed by atoms with Crippen LogP contribution in [0.3, 0.4) is 0 Å². The van der Waals surface area contributed by atoms with Crippen molar-refractivity contribution in [2.24, 2.45) is 7.05 Å². The number of benzene rings is 2. The molecule has 0 spiro atoms. The Labute approximate surface area is 184 Å². The molecule has 2 aromatic carbocycles. The molecule has 1 aliphatic rings. The minimum atomic E-state index is -0.498. The fraction of sp³-hybridized carbons (Fsp3) is 0.261. The lowest BCUT2D eigenvalue weighted by Crippen LogP contribution is -2.33. The second-order valence-electron chi connectivity index (χ2n) is 7.53. The van der Waals surface area contributed by atoms with Crippen molar-refractivity contribution < 1.29 is 14.6 Å². The second-order valence-corrected chi connectivity index (χ2v) is 8.48. The molecular weight excluding hydrogens is 414 g/mol. The Morgan fingerprint density at radius 1 is 1.26 bits per heavy atom. The Kier molecular flexibility index (Phi) is 5.73. The summed E-state index contributed by atoms with van der Waals surface area (Å²) in [6.07, 6.45) is 0.103. The number of rotatable bonds is 5. The van der Waals surface area contributed by atoms with E-state index < -0.39 is 5.92 Å². The van der Waals surface area contributed by atoms with E-state index in [-0.39, 0.29) is 23.6 Å². The number of thioether (sulfide) groups is 1. The maximum atomic E-state index is 13.0. The quantitative estimate of drug-likeness (QED) is 0.468. The number of carbonyl (C=O) groups is 1. The van der Waals surface area contributed by atoms with Crippen LogP contribution < -0.4 is 15.6 Å². The third kappa shape index (κ3) is 4.16. The molecule has 4 rings (SSSR count). The van der Waals surface area contributed by atoms with Gasteiger partial charge in [-0.2, -0.15) is 4.98 Å². The van der Waals surface area contributed by atoms with E-state index in [4.69, 9.17) is 4.74 Å². The molecule has 0 unspecified atom stereocenters. The molecule has 1 atom stereocenters. The summed E-state index contributed by atoms with van der Waals surface area (Å²) < 4.78 is 6.85. The highest BCUT2D eigenvalue weighted by molar-refractivity contribution is 7.98. The molecule has 160 valence electrons. The Morgan fingerprint density at radius 3 is 2.77 bits per heavy atom. The van der Waals surface area contributed by atoms with Crippen molar-refractivity contribution in [3.8, 4) is 11.5 Å². The van der Waals surface area contributed by atoms with Crippen molar-refractivity contribution in [1.29, 1.82) is 0 Å². The van der Waals surface area contributed by atoms with Crippen molar-refractivity contribution in [3.63, 3.8) is 0 Å². The monoisotopic (exact) mass is 437 g/mol. The molecule has 1 amide bonds. The van der Waals surface area contributed by atoms with Gasteiger partial charge in [0.2, 0.25) is 5.91 Å². The van der Waals surface area contributed by atoms with E-state index >= 15 is 0 Å². The predicted octanol–water partition coefficient (Wildman–Crippen LogP) is 3.57. The van der Waals surface area contributed by atoms with Crippen LogP contribution >= 0.6 is 11.8 Å². The molecule has 1 aliphatic heterocycles. The van der Waals surface area contributed by atoms with E-state index in [2.05, 4.69) is 16.4 Å². The molecule has 0 saturated carbocycles. The fourth-order valence-corrected chi connectivity index (χ4v) is 4.73. The summed E-state index contributed by atoms with van der Waals surface area (Å²) in [4.78, 5) is 29.8. The van der Waals surface area contributed by atoms with Gasteiger partial charge in [0.1, 0.15) is 5.82 Å². The van der Waals surface area contributed by atoms with E-state index in [1.165, 1.54) is 30.5 Å². The van der Waals surface area contributed by atoms with Crippen LogP contribution in [0.15, 0.2) is 52.4 Å². The highest BCUT2D eigenvalue weighted by atomic mass is 32.2. The topological polar surface area (TPSA) is 93.5 Å². The number of hydrogen-bond acceptors (Lipinski definition) is 6. The van der Waals surface area contributed by atoms with Gasteiger partial charge < -0.3 is 19.7 Å². The van der Waals surface area contributed by atoms with Gasteiger partial charge in [0.05, 0.1) is 12.7 Å². The smallest absolute Gasteiger partial charge is 0.279 e. The lowest BCUT2D eigenvalue weighted by molar-refractivity contribution is -0.116. The van der Waals surface area contributed by atoms with Gasteiger partial charge in [0.15, 0.2) is 16.7 Å². The standard InChI is InChI=1S/C23H23N3O4S/c1-13-5-4-6-14(9-13)12-31-23-25-22(29)20-16(11-19(28)24-21(20)26(23)2)15-7-8-18(30-3)17(27)10-15/h4-10,16,27H,11-12H2,1-3H3,(H,24,28)/t16-/m0/s1. The first-order valence-corrected chi connectivity index (χ1v) is 10.8. The molecule has 0 saturated heterocycles. The van der Waals surface area contributed by atoms with Gasteiger partial charge in [-0.25, -0.2) is 0 Å². The molecule has 31 heavy (non-hydrogen) atoms. The van der Waals surface area contributed by atoms with Gasteiger partial charge in [-0.1, -0.05) is 47.7 Å². The zero-order chi connectivity index (χ0) is 22.1. The summed E-state index contributed by atoms with van der Waals surface area (Å²) in [7, 11) is 3.26. The van der Waals surface area contributed by atoms with Crippen LogP contribution in [0.2, 0.25) is 0 Å². The summed E-state index contributed by atoms with van der Waals surface area (Å²) >= 11 is 1.45. The van der Waals surface area contributed by atoms with Crippen molar-refractivity contribution in [1.82, 2.24) is 9.55 Å². The van der Waals surface area contributed by atoms with E-state index in [1.54, 1.807) is 23.7 Å². The normalized spacial score (nSPS) is 15.3. The SMILES string of the molecule is COc1ccc([C@@H]2CC(=O)Nc3c2c(=O)nc(SCc2cccc(C)c2)n3C)cc1O. The number of phenolic OH excluding ortho intramolecular Hbond substituents is 1. The number of aryl methyl sites for hydroxylation is 1. The Balaban J connectivity index is 1.71. The van der Waals surface area contributed by atoms with Crippen molar-refractivity contribution >= 4 is 23.5 Å². The maximum Gasteiger partial charge on any atom is 0.279 e. The van der Waals surface area contributed by atoms with Crippen molar-refractivity contribution in [2.45, 2.75) is 30.2 Å². The number of hydrogen-bond donors (Lipinski definition) is 2. The number of phenols is 1. The minimum absolute atomic E-state index is 0.0392. The molecule has 0 bridgehead atoms. The van der Waals surface area contributed by atoms with E-state index in [0.29, 0.717) is 33.6 Å². The van der Waals surface area contributed by atoms with Gasteiger partial charge in [0, 0.05) is 25.1 Å².